The minimum absolute atomic E-state index is 0.0362. The standard InChI is InChI=1S/C53H79N3O9.CO2/c1-39(30-42-22-24-43-16-14-15-17-44(43)31-42)46(58)37-62-36-41-20-18-40(19-21-41)23-25-45(57)32-54(27-29-56(38-50(2,3)4)35-49(61)65-53(11,12)13)26-28-55(33-47(59)63-51(5,6)7)34-48(60)64-52(8,9)10;2-1-3/h14-22,24,31,39H,23,25-30,32-38H2,1-13H3;/t39-;/m1./s1. The number of ether oxygens (including phenoxy) is 4. The number of carbonyl (C=O) groups is 5. The Bertz CT molecular complexity index is 2070. The molecule has 0 saturated heterocycles. The highest BCUT2D eigenvalue weighted by Gasteiger charge is 2.27. The van der Waals surface area contributed by atoms with Crippen molar-refractivity contribution in [1.82, 2.24) is 14.7 Å². The molecular weight excluding hydrogens is 867 g/mol. The molecule has 14 heteroatoms. The smallest absolute Gasteiger partial charge is 0.373 e. The van der Waals surface area contributed by atoms with Gasteiger partial charge in [-0.2, -0.15) is 9.59 Å². The Hall–Kier alpha value is -5.11. The van der Waals surface area contributed by atoms with E-state index in [1.807, 2.05) is 69.0 Å². The second-order valence-corrected chi connectivity index (χ2v) is 21.7. The van der Waals surface area contributed by atoms with Crippen molar-refractivity contribution in [1.29, 1.82) is 0 Å². The highest BCUT2D eigenvalue weighted by atomic mass is 16.6. The molecule has 0 radical (unpaired) electrons. The fourth-order valence-corrected chi connectivity index (χ4v) is 7.26. The first-order chi connectivity index (χ1) is 31.5. The van der Waals surface area contributed by atoms with Gasteiger partial charge in [0, 0.05) is 45.1 Å². The van der Waals surface area contributed by atoms with E-state index >= 15 is 0 Å². The van der Waals surface area contributed by atoms with Gasteiger partial charge < -0.3 is 18.9 Å². The number of ketones is 2. The first-order valence-corrected chi connectivity index (χ1v) is 23.5. The van der Waals surface area contributed by atoms with Crippen LogP contribution in [0, 0.1) is 11.3 Å². The van der Waals surface area contributed by atoms with Crippen LogP contribution in [0.2, 0.25) is 0 Å². The van der Waals surface area contributed by atoms with Gasteiger partial charge in [-0.05, 0) is 108 Å². The highest BCUT2D eigenvalue weighted by Crippen LogP contribution is 2.20. The lowest BCUT2D eigenvalue weighted by Gasteiger charge is -2.33. The fraction of sp³-hybridized carbons (Fsp3) is 0.593. The summed E-state index contributed by atoms with van der Waals surface area (Å²) in [5, 5.41) is 2.34. The van der Waals surface area contributed by atoms with E-state index in [2.05, 4.69) is 56.0 Å². The summed E-state index contributed by atoms with van der Waals surface area (Å²) < 4.78 is 22.7. The summed E-state index contributed by atoms with van der Waals surface area (Å²) in [7, 11) is 0. The van der Waals surface area contributed by atoms with Crippen LogP contribution in [0.1, 0.15) is 113 Å². The van der Waals surface area contributed by atoms with E-state index in [9.17, 15) is 24.0 Å². The molecule has 0 bridgehead atoms. The molecule has 3 rings (SSSR count). The van der Waals surface area contributed by atoms with Crippen LogP contribution in [0.15, 0.2) is 66.7 Å². The highest BCUT2D eigenvalue weighted by molar-refractivity contribution is 5.84. The van der Waals surface area contributed by atoms with Crippen LogP contribution in [0.3, 0.4) is 0 Å². The van der Waals surface area contributed by atoms with E-state index in [1.54, 1.807) is 46.4 Å². The normalized spacial score (nSPS) is 12.6. The lowest BCUT2D eigenvalue weighted by atomic mass is 9.95. The number of esters is 3. The third kappa shape index (κ3) is 27.0. The van der Waals surface area contributed by atoms with Crippen molar-refractivity contribution in [3.05, 3.63) is 83.4 Å². The maximum Gasteiger partial charge on any atom is 0.373 e. The Balaban J connectivity index is 0.00000514. The van der Waals surface area contributed by atoms with Gasteiger partial charge in [-0.3, -0.25) is 38.7 Å². The summed E-state index contributed by atoms with van der Waals surface area (Å²) in [5.74, 6) is -1.32. The molecule has 0 unspecified atom stereocenters. The van der Waals surface area contributed by atoms with Crippen molar-refractivity contribution < 1.29 is 52.5 Å². The molecule has 0 aromatic heterocycles. The van der Waals surface area contributed by atoms with Crippen LogP contribution in [-0.4, -0.2) is 133 Å². The molecule has 0 fully saturated rings. The van der Waals surface area contributed by atoms with Gasteiger partial charge in [0.2, 0.25) is 0 Å². The Labute approximate surface area is 405 Å². The van der Waals surface area contributed by atoms with Crippen LogP contribution < -0.4 is 0 Å². The summed E-state index contributed by atoms with van der Waals surface area (Å²) in [6, 6.07) is 22.4. The molecule has 0 aliphatic carbocycles. The average Bonchev–Trinajstić information content (AvgIpc) is 3.18. The zero-order valence-corrected chi connectivity index (χ0v) is 43.2. The van der Waals surface area contributed by atoms with Gasteiger partial charge in [0.15, 0.2) is 5.78 Å². The second-order valence-electron chi connectivity index (χ2n) is 21.7. The van der Waals surface area contributed by atoms with Gasteiger partial charge in [0.05, 0.1) is 32.8 Å². The predicted octanol–water partition coefficient (Wildman–Crippen LogP) is 7.70. The summed E-state index contributed by atoms with van der Waals surface area (Å²) in [4.78, 5) is 87.6. The Kier molecular flexibility index (Phi) is 24.1. The molecule has 0 aliphatic heterocycles. The van der Waals surface area contributed by atoms with Gasteiger partial charge in [0.1, 0.15) is 29.2 Å². The summed E-state index contributed by atoms with van der Waals surface area (Å²) >= 11 is 0. The first kappa shape index (κ1) is 59.0. The Morgan fingerprint density at radius 3 is 1.50 bits per heavy atom. The van der Waals surface area contributed by atoms with Crippen LogP contribution in [0.4, 0.5) is 0 Å². The largest absolute Gasteiger partial charge is 0.459 e. The van der Waals surface area contributed by atoms with Crippen molar-refractivity contribution in [3.63, 3.8) is 0 Å². The SMILES string of the molecule is C[C@H](Cc1ccc2ccccc2c1)C(=O)COCc1ccc(CCC(=O)CN(CCN(CC(=O)OC(C)(C)C)CC(=O)OC(C)(C)C)CCN(CC(=O)OC(C)(C)C)CC(C)(C)C)cc1.O=C=O. The van der Waals surface area contributed by atoms with Crippen molar-refractivity contribution in [2.24, 2.45) is 11.3 Å². The van der Waals surface area contributed by atoms with Crippen molar-refractivity contribution >= 4 is 46.4 Å². The van der Waals surface area contributed by atoms with Crippen molar-refractivity contribution in [2.75, 3.05) is 65.5 Å². The molecule has 3 aromatic rings. The van der Waals surface area contributed by atoms with Crippen molar-refractivity contribution in [2.45, 2.75) is 133 Å². The fourth-order valence-electron chi connectivity index (χ4n) is 7.26. The third-order valence-electron chi connectivity index (χ3n) is 10.0. The van der Waals surface area contributed by atoms with Crippen LogP contribution >= 0.6 is 0 Å². The van der Waals surface area contributed by atoms with E-state index in [1.165, 1.54) is 5.39 Å². The van der Waals surface area contributed by atoms with Gasteiger partial charge in [-0.1, -0.05) is 94.4 Å². The maximum absolute atomic E-state index is 13.7. The average molecular weight is 946 g/mol. The molecule has 3 aromatic carbocycles. The molecule has 0 spiro atoms. The lowest BCUT2D eigenvalue weighted by Crippen LogP contribution is -2.47. The molecule has 1 atom stereocenters. The minimum Gasteiger partial charge on any atom is -0.459 e. The molecule has 14 nitrogen and oxygen atoms in total. The molecule has 376 valence electrons. The first-order valence-electron chi connectivity index (χ1n) is 23.5. The zero-order chi connectivity index (χ0) is 51.3. The predicted molar refractivity (Wildman–Crippen MR) is 263 cm³/mol. The maximum atomic E-state index is 13.7. The number of hydrogen-bond donors (Lipinski definition) is 0. The van der Waals surface area contributed by atoms with Crippen LogP contribution in [-0.2, 0) is 72.0 Å². The van der Waals surface area contributed by atoms with E-state index in [4.69, 9.17) is 28.5 Å². The van der Waals surface area contributed by atoms with Gasteiger partial charge in [-0.25, -0.2) is 0 Å². The summed E-state index contributed by atoms with van der Waals surface area (Å²) in [5.41, 5.74) is 0.924. The van der Waals surface area contributed by atoms with Crippen LogP contribution in [0.25, 0.3) is 10.8 Å². The number of fused-ring (bicyclic) bond motifs is 1. The van der Waals surface area contributed by atoms with Crippen LogP contribution in [0.5, 0.6) is 0 Å². The molecule has 0 saturated carbocycles. The quantitative estimate of drug-likeness (QED) is 0.0599. The number of carbonyl (C=O) groups excluding carboxylic acids is 7. The zero-order valence-electron chi connectivity index (χ0n) is 43.2. The molecule has 68 heavy (non-hydrogen) atoms. The molecule has 0 heterocycles. The Morgan fingerprint density at radius 1 is 0.559 bits per heavy atom. The number of Topliss-reactive ketones (excluding diaryl/α,β-unsaturated/α-hetero) is 2. The molecule has 0 aliphatic rings. The molecular formula is C54H79N3O11. The Morgan fingerprint density at radius 2 is 1.00 bits per heavy atom. The monoisotopic (exact) mass is 946 g/mol. The van der Waals surface area contributed by atoms with Gasteiger partial charge >= 0.3 is 24.1 Å². The van der Waals surface area contributed by atoms with Gasteiger partial charge in [0.25, 0.3) is 0 Å². The number of aryl methyl sites for hydroxylation is 1. The number of hydrogen-bond acceptors (Lipinski definition) is 14. The number of nitrogens with zero attached hydrogens (tertiary/aromatic N) is 3. The molecule has 0 N–H and O–H groups in total. The second kappa shape index (κ2) is 27.8. The number of rotatable bonds is 25. The van der Waals surface area contributed by atoms with E-state index < -0.39 is 28.7 Å². The molecule has 0 amide bonds. The topological polar surface area (TPSA) is 166 Å². The summed E-state index contributed by atoms with van der Waals surface area (Å²) in [6.45, 7) is 27.1. The van der Waals surface area contributed by atoms with E-state index in [0.29, 0.717) is 52.0 Å². The van der Waals surface area contributed by atoms with Crippen molar-refractivity contribution in [3.8, 4) is 0 Å². The number of benzene rings is 3. The van der Waals surface area contributed by atoms with E-state index in [0.717, 1.165) is 22.1 Å². The van der Waals surface area contributed by atoms with E-state index in [-0.39, 0.29) is 74.4 Å². The minimum atomic E-state index is -0.704. The third-order valence-corrected chi connectivity index (χ3v) is 10.0. The lowest BCUT2D eigenvalue weighted by molar-refractivity contribution is -0.192. The summed E-state index contributed by atoms with van der Waals surface area (Å²) in [6.07, 6.45) is 1.75. The van der Waals surface area contributed by atoms with Gasteiger partial charge in [-0.15, -0.1) is 0 Å².